The van der Waals surface area contributed by atoms with Crippen LogP contribution in [-0.4, -0.2) is 24.7 Å². The van der Waals surface area contributed by atoms with Gasteiger partial charge in [-0.05, 0) is 18.2 Å². The second-order valence-corrected chi connectivity index (χ2v) is 3.78. The summed E-state index contributed by atoms with van der Waals surface area (Å²) in [6.45, 7) is 0. The number of nitrogens with one attached hydrogen (secondary N) is 1. The minimum absolute atomic E-state index is 0.113. The van der Waals surface area contributed by atoms with Gasteiger partial charge >= 0.3 is 0 Å². The highest BCUT2D eigenvalue weighted by molar-refractivity contribution is 7.90. The van der Waals surface area contributed by atoms with Crippen molar-refractivity contribution >= 4 is 15.8 Å². The molecule has 1 aliphatic carbocycles. The molecule has 1 rings (SSSR count). The predicted octanol–water partition coefficient (Wildman–Crippen LogP) is -0.325. The summed E-state index contributed by atoms with van der Waals surface area (Å²) in [5, 5.41) is 7.16. The summed E-state index contributed by atoms with van der Waals surface area (Å²) in [6.07, 6.45) is 3.51. The van der Waals surface area contributed by atoms with Crippen LogP contribution >= 0.6 is 0 Å². The van der Waals surface area contributed by atoms with Crippen molar-refractivity contribution in [3.63, 3.8) is 0 Å². The molecule has 0 saturated carbocycles. The van der Waals surface area contributed by atoms with Crippen molar-refractivity contribution in [2.45, 2.75) is 6.04 Å². The predicted molar refractivity (Wildman–Crippen MR) is 44.5 cm³/mol. The van der Waals surface area contributed by atoms with Gasteiger partial charge in [0, 0.05) is 0 Å². The zero-order valence-electron chi connectivity index (χ0n) is 6.06. The van der Waals surface area contributed by atoms with E-state index in [0.717, 1.165) is 12.2 Å². The Morgan fingerprint density at radius 3 is 2.50 bits per heavy atom. The van der Waals surface area contributed by atoms with Crippen LogP contribution in [0.1, 0.15) is 0 Å². The molecular weight excluding hydrogens is 180 g/mol. The van der Waals surface area contributed by atoms with E-state index in [-0.39, 0.29) is 10.6 Å². The Labute approximate surface area is 69.8 Å². The van der Waals surface area contributed by atoms with Gasteiger partial charge in [-0.25, -0.2) is 0 Å². The Morgan fingerprint density at radius 1 is 1.50 bits per heavy atom. The van der Waals surface area contributed by atoms with Gasteiger partial charge in [0.1, 0.15) is 0 Å². The van der Waals surface area contributed by atoms with Crippen molar-refractivity contribution in [2.24, 2.45) is 5.73 Å². The van der Waals surface area contributed by atoms with E-state index in [1.54, 1.807) is 0 Å². The third kappa shape index (κ3) is 1.79. The van der Waals surface area contributed by atoms with E-state index in [9.17, 15) is 8.42 Å². The zero-order valence-corrected chi connectivity index (χ0v) is 6.88. The molecule has 0 amide bonds. The first-order chi connectivity index (χ1) is 5.41. The first-order valence-electron chi connectivity index (χ1n) is 3.12. The van der Waals surface area contributed by atoms with Gasteiger partial charge in [-0.3, -0.25) is 4.55 Å². The molecule has 0 aliphatic heterocycles. The minimum atomic E-state index is -4.18. The summed E-state index contributed by atoms with van der Waals surface area (Å²) in [4.78, 5) is -0.258. The highest BCUT2D eigenvalue weighted by Gasteiger charge is 2.17. The SMILES string of the molecule is N=C1C=CC(S(=O)(=O)O)=CC1N. The molecule has 0 aromatic heterocycles. The summed E-state index contributed by atoms with van der Waals surface area (Å²) in [7, 11) is -4.18. The van der Waals surface area contributed by atoms with Gasteiger partial charge in [-0.15, -0.1) is 0 Å². The summed E-state index contributed by atoms with van der Waals surface area (Å²) in [5.41, 5.74) is 5.45. The number of rotatable bonds is 1. The molecule has 12 heavy (non-hydrogen) atoms. The van der Waals surface area contributed by atoms with Crippen molar-refractivity contribution < 1.29 is 13.0 Å². The maximum atomic E-state index is 10.5. The van der Waals surface area contributed by atoms with E-state index in [1.165, 1.54) is 6.08 Å². The van der Waals surface area contributed by atoms with Crippen LogP contribution in [0.5, 0.6) is 0 Å². The maximum Gasteiger partial charge on any atom is 0.294 e. The quantitative estimate of drug-likeness (QED) is 0.490. The van der Waals surface area contributed by atoms with Gasteiger partial charge in [0.15, 0.2) is 0 Å². The lowest BCUT2D eigenvalue weighted by Crippen LogP contribution is -2.29. The number of hydrogen-bond acceptors (Lipinski definition) is 4. The minimum Gasteiger partial charge on any atom is -0.319 e. The first-order valence-corrected chi connectivity index (χ1v) is 4.56. The molecule has 0 spiro atoms. The zero-order chi connectivity index (χ0) is 9.35. The molecule has 4 N–H and O–H groups in total. The fourth-order valence-corrected chi connectivity index (χ4v) is 1.34. The number of hydrogen-bond donors (Lipinski definition) is 3. The van der Waals surface area contributed by atoms with E-state index >= 15 is 0 Å². The highest BCUT2D eigenvalue weighted by atomic mass is 32.2. The molecule has 0 radical (unpaired) electrons. The summed E-state index contributed by atoms with van der Waals surface area (Å²) in [5.74, 6) is 0. The average molecular weight is 188 g/mol. The van der Waals surface area contributed by atoms with Gasteiger partial charge in [0.05, 0.1) is 16.7 Å². The molecule has 1 aliphatic rings. The smallest absolute Gasteiger partial charge is 0.294 e. The topological polar surface area (TPSA) is 104 Å². The lowest BCUT2D eigenvalue weighted by Gasteiger charge is -2.10. The maximum absolute atomic E-state index is 10.5. The third-order valence-electron chi connectivity index (χ3n) is 1.43. The second kappa shape index (κ2) is 2.81. The Morgan fingerprint density at radius 2 is 2.08 bits per heavy atom. The monoisotopic (exact) mass is 188 g/mol. The van der Waals surface area contributed by atoms with Crippen molar-refractivity contribution in [1.82, 2.24) is 0 Å². The fraction of sp³-hybridized carbons (Fsp3) is 0.167. The van der Waals surface area contributed by atoms with Gasteiger partial charge in [0.2, 0.25) is 0 Å². The van der Waals surface area contributed by atoms with Crippen molar-refractivity contribution in [3.05, 3.63) is 23.1 Å². The number of allylic oxidation sites excluding steroid dienone is 1. The average Bonchev–Trinajstić information content (AvgIpc) is 1.92. The van der Waals surface area contributed by atoms with Gasteiger partial charge in [-0.1, -0.05) is 0 Å². The lowest BCUT2D eigenvalue weighted by molar-refractivity contribution is 0.492. The van der Waals surface area contributed by atoms with Crippen LogP contribution in [0.25, 0.3) is 0 Å². The van der Waals surface area contributed by atoms with Crippen LogP contribution in [0.15, 0.2) is 23.1 Å². The van der Waals surface area contributed by atoms with Gasteiger partial charge in [-0.2, -0.15) is 8.42 Å². The molecule has 66 valence electrons. The van der Waals surface area contributed by atoms with Crippen LogP contribution < -0.4 is 5.73 Å². The Kier molecular flexibility index (Phi) is 2.14. The molecule has 0 aromatic carbocycles. The van der Waals surface area contributed by atoms with Crippen molar-refractivity contribution in [1.29, 1.82) is 5.41 Å². The molecule has 1 unspecified atom stereocenters. The summed E-state index contributed by atoms with van der Waals surface area (Å²) in [6, 6.07) is -0.757. The van der Waals surface area contributed by atoms with Gasteiger partial charge < -0.3 is 11.1 Å². The van der Waals surface area contributed by atoms with E-state index in [0.29, 0.717) is 0 Å². The standard InChI is InChI=1S/C6H8N2O3S/c7-5-2-1-4(3-6(5)8)12(9,10)11/h1-3,6-7H,8H2,(H,9,10,11). The van der Waals surface area contributed by atoms with Crippen LogP contribution in [0.4, 0.5) is 0 Å². The molecule has 0 bridgehead atoms. The van der Waals surface area contributed by atoms with E-state index in [2.05, 4.69) is 0 Å². The molecule has 0 saturated heterocycles. The van der Waals surface area contributed by atoms with Crippen molar-refractivity contribution in [3.8, 4) is 0 Å². The summed E-state index contributed by atoms with van der Waals surface area (Å²) >= 11 is 0. The lowest BCUT2D eigenvalue weighted by atomic mass is 10.1. The molecule has 1 atom stereocenters. The van der Waals surface area contributed by atoms with Gasteiger partial charge in [0.25, 0.3) is 10.1 Å². The van der Waals surface area contributed by atoms with E-state index in [4.69, 9.17) is 15.7 Å². The van der Waals surface area contributed by atoms with Crippen molar-refractivity contribution in [2.75, 3.05) is 0 Å². The third-order valence-corrected chi connectivity index (χ3v) is 2.30. The normalized spacial score (nSPS) is 24.0. The Bertz CT molecular complexity index is 366. The molecule has 5 nitrogen and oxygen atoms in total. The van der Waals surface area contributed by atoms with E-state index < -0.39 is 16.2 Å². The van der Waals surface area contributed by atoms with Crippen LogP contribution in [0.3, 0.4) is 0 Å². The largest absolute Gasteiger partial charge is 0.319 e. The highest BCUT2D eigenvalue weighted by Crippen LogP contribution is 2.11. The molecule has 6 heteroatoms. The van der Waals surface area contributed by atoms with Crippen LogP contribution in [0, 0.1) is 5.41 Å². The summed E-state index contributed by atoms with van der Waals surface area (Å²) < 4.78 is 29.7. The Balaban J connectivity index is 3.07. The molecular formula is C6H8N2O3S. The molecule has 0 fully saturated rings. The molecule has 0 heterocycles. The van der Waals surface area contributed by atoms with Crippen LogP contribution in [-0.2, 0) is 10.1 Å². The number of nitrogens with two attached hydrogens (primary N) is 1. The first kappa shape index (κ1) is 9.11. The van der Waals surface area contributed by atoms with E-state index in [1.807, 2.05) is 0 Å². The van der Waals surface area contributed by atoms with Crippen LogP contribution in [0.2, 0.25) is 0 Å². The fourth-order valence-electron chi connectivity index (χ4n) is 0.777. The molecule has 0 aromatic rings. The second-order valence-electron chi connectivity index (χ2n) is 2.36. The Hall–Kier alpha value is -0.980.